The van der Waals surface area contributed by atoms with Gasteiger partial charge in [-0.05, 0) is 41.7 Å². The van der Waals surface area contributed by atoms with Gasteiger partial charge in [0.25, 0.3) is 5.91 Å². The van der Waals surface area contributed by atoms with Gasteiger partial charge >= 0.3 is 0 Å². The lowest BCUT2D eigenvalue weighted by molar-refractivity contribution is -0.119. The van der Waals surface area contributed by atoms with Gasteiger partial charge in [-0.1, -0.05) is 68.4 Å². The predicted octanol–water partition coefficient (Wildman–Crippen LogP) is 6.06. The Morgan fingerprint density at radius 1 is 0.902 bits per heavy atom. The van der Waals surface area contributed by atoms with Gasteiger partial charge in [-0.25, -0.2) is 9.97 Å². The fourth-order valence-electron chi connectivity index (χ4n) is 5.17. The number of thiazole rings is 1. The van der Waals surface area contributed by atoms with Crippen LogP contribution in [0.1, 0.15) is 53.3 Å². The number of pyridine rings is 1. The molecule has 0 spiro atoms. The minimum Gasteiger partial charge on any atom is -0.355 e. The number of aromatic nitrogens is 2. The average Bonchev–Trinajstić information content (AvgIpc) is 3.43. The number of amides is 2. The summed E-state index contributed by atoms with van der Waals surface area (Å²) in [6.07, 6.45) is 3.75. The summed E-state index contributed by atoms with van der Waals surface area (Å²) in [5, 5.41) is 2.78. The molecule has 0 bridgehead atoms. The van der Waals surface area contributed by atoms with Crippen molar-refractivity contribution >= 4 is 34.7 Å². The third-order valence-electron chi connectivity index (χ3n) is 7.21. The second kappa shape index (κ2) is 13.5. The highest BCUT2D eigenvalue weighted by molar-refractivity contribution is 7.09. The fraction of sp³-hybridized carbons (Fsp3) is 0.333. The van der Waals surface area contributed by atoms with Crippen LogP contribution in [0.25, 0.3) is 0 Å². The quantitative estimate of drug-likeness (QED) is 0.283. The third kappa shape index (κ3) is 7.38. The van der Waals surface area contributed by atoms with Crippen molar-refractivity contribution in [2.24, 2.45) is 5.92 Å². The average molecular weight is 568 g/mol. The van der Waals surface area contributed by atoms with Crippen LogP contribution in [0.2, 0.25) is 0 Å². The van der Waals surface area contributed by atoms with Gasteiger partial charge < -0.3 is 14.7 Å². The Morgan fingerprint density at radius 3 is 2.46 bits per heavy atom. The Hall–Kier alpha value is -4.04. The van der Waals surface area contributed by atoms with E-state index < -0.39 is 0 Å². The SMILES string of the molecule is CC(C)CC(=O)N1CCCN(c2ccccn2)CCN(C(=O)c2csc(Cc3ccccc3)n2)Cc2ccccc21. The molecular weight excluding hydrogens is 530 g/mol. The van der Waals surface area contributed by atoms with Crippen LogP contribution >= 0.6 is 11.3 Å². The Labute approximate surface area is 246 Å². The maximum atomic E-state index is 14.0. The lowest BCUT2D eigenvalue weighted by atomic mass is 10.1. The number of para-hydroxylation sites is 1. The lowest BCUT2D eigenvalue weighted by Gasteiger charge is -2.28. The minimum atomic E-state index is -0.101. The molecule has 5 rings (SSSR count). The molecular formula is C33H37N5O2S. The molecule has 41 heavy (non-hydrogen) atoms. The van der Waals surface area contributed by atoms with Crippen molar-refractivity contribution in [3.05, 3.63) is 106 Å². The van der Waals surface area contributed by atoms with Gasteiger partial charge in [0, 0.05) is 62.8 Å². The number of hydrogen-bond acceptors (Lipinski definition) is 6. The highest BCUT2D eigenvalue weighted by Crippen LogP contribution is 2.26. The third-order valence-corrected chi connectivity index (χ3v) is 8.06. The van der Waals surface area contributed by atoms with E-state index in [1.807, 2.05) is 75.8 Å². The zero-order valence-corrected chi connectivity index (χ0v) is 24.6. The second-order valence-corrected chi connectivity index (χ2v) is 11.8. The molecule has 8 heteroatoms. The highest BCUT2D eigenvalue weighted by atomic mass is 32.1. The first-order chi connectivity index (χ1) is 20.0. The molecule has 1 aliphatic rings. The summed E-state index contributed by atoms with van der Waals surface area (Å²) in [7, 11) is 0. The fourth-order valence-corrected chi connectivity index (χ4v) is 5.97. The Kier molecular flexibility index (Phi) is 9.41. The van der Waals surface area contributed by atoms with Crippen LogP contribution in [0.3, 0.4) is 0 Å². The number of anilines is 2. The van der Waals surface area contributed by atoms with Crippen molar-refractivity contribution in [3.63, 3.8) is 0 Å². The van der Waals surface area contributed by atoms with Crippen molar-refractivity contribution in [2.45, 2.75) is 39.7 Å². The van der Waals surface area contributed by atoms with E-state index in [1.165, 1.54) is 16.9 Å². The summed E-state index contributed by atoms with van der Waals surface area (Å²) in [6, 6.07) is 24.1. The molecule has 0 fully saturated rings. The van der Waals surface area contributed by atoms with Gasteiger partial charge in [0.1, 0.15) is 11.5 Å². The second-order valence-electron chi connectivity index (χ2n) is 10.8. The van der Waals surface area contributed by atoms with Crippen molar-refractivity contribution in [3.8, 4) is 0 Å². The van der Waals surface area contributed by atoms with E-state index in [0.29, 0.717) is 44.7 Å². The van der Waals surface area contributed by atoms with Crippen LogP contribution < -0.4 is 9.80 Å². The number of rotatable bonds is 6. The maximum Gasteiger partial charge on any atom is 0.273 e. The topological polar surface area (TPSA) is 69.6 Å². The normalized spacial score (nSPS) is 14.5. The highest BCUT2D eigenvalue weighted by Gasteiger charge is 2.26. The Morgan fingerprint density at radius 2 is 1.68 bits per heavy atom. The number of benzene rings is 2. The molecule has 0 aliphatic carbocycles. The molecule has 212 valence electrons. The summed E-state index contributed by atoms with van der Waals surface area (Å²) in [4.78, 5) is 42.8. The first kappa shape index (κ1) is 28.5. The van der Waals surface area contributed by atoms with E-state index in [2.05, 4.69) is 35.9 Å². The lowest BCUT2D eigenvalue weighted by Crippen LogP contribution is -2.39. The molecule has 7 nitrogen and oxygen atoms in total. The molecule has 0 saturated heterocycles. The van der Waals surface area contributed by atoms with Crippen LogP contribution in [-0.4, -0.2) is 52.9 Å². The Balaban J connectivity index is 1.46. The molecule has 1 aliphatic heterocycles. The molecule has 4 aromatic rings. The number of fused-ring (bicyclic) bond motifs is 1. The molecule has 3 heterocycles. The van der Waals surface area contributed by atoms with Gasteiger partial charge in [-0.3, -0.25) is 9.59 Å². The first-order valence-electron chi connectivity index (χ1n) is 14.3. The zero-order valence-electron chi connectivity index (χ0n) is 23.8. The van der Waals surface area contributed by atoms with Crippen LogP contribution in [-0.2, 0) is 17.8 Å². The number of carbonyl (C=O) groups is 2. The van der Waals surface area contributed by atoms with Crippen molar-refractivity contribution < 1.29 is 9.59 Å². The van der Waals surface area contributed by atoms with Gasteiger partial charge in [-0.2, -0.15) is 0 Å². The monoisotopic (exact) mass is 567 g/mol. The molecule has 2 amide bonds. The van der Waals surface area contributed by atoms with Gasteiger partial charge in [-0.15, -0.1) is 11.3 Å². The molecule has 0 saturated carbocycles. The summed E-state index contributed by atoms with van der Waals surface area (Å²) < 4.78 is 0. The largest absolute Gasteiger partial charge is 0.355 e. The van der Waals surface area contributed by atoms with Gasteiger partial charge in [0.15, 0.2) is 0 Å². The standard InChI is InChI=1S/C33H37N5O2S/c1-25(2)21-32(39)38-18-10-17-36(30-15-8-9-16-34-30)19-20-37(23-27-13-6-7-14-29(27)38)33(40)28-24-41-31(35-28)22-26-11-4-3-5-12-26/h3-9,11-16,24-25H,10,17-23H2,1-2H3. The van der Waals surface area contributed by atoms with Crippen LogP contribution in [0.15, 0.2) is 84.4 Å². The van der Waals surface area contributed by atoms with Crippen LogP contribution in [0, 0.1) is 5.92 Å². The Bertz CT molecular complexity index is 1440. The van der Waals surface area contributed by atoms with Crippen LogP contribution in [0.5, 0.6) is 0 Å². The first-order valence-corrected chi connectivity index (χ1v) is 15.2. The van der Waals surface area contributed by atoms with E-state index in [0.717, 1.165) is 35.0 Å². The minimum absolute atomic E-state index is 0.101. The number of carbonyl (C=O) groups excluding carboxylic acids is 2. The molecule has 0 radical (unpaired) electrons. The predicted molar refractivity (Wildman–Crippen MR) is 165 cm³/mol. The van der Waals surface area contributed by atoms with Crippen LogP contribution in [0.4, 0.5) is 11.5 Å². The molecule has 2 aromatic heterocycles. The smallest absolute Gasteiger partial charge is 0.273 e. The summed E-state index contributed by atoms with van der Waals surface area (Å²) in [5.41, 5.74) is 3.47. The number of hydrogen-bond donors (Lipinski definition) is 0. The molecule has 0 atom stereocenters. The van der Waals surface area contributed by atoms with Crippen molar-refractivity contribution in [1.82, 2.24) is 14.9 Å². The zero-order chi connectivity index (χ0) is 28.6. The van der Waals surface area contributed by atoms with E-state index in [4.69, 9.17) is 4.98 Å². The molecule has 2 aromatic carbocycles. The number of nitrogens with zero attached hydrogens (tertiary/aromatic N) is 5. The van der Waals surface area contributed by atoms with Crippen molar-refractivity contribution in [2.75, 3.05) is 36.0 Å². The van der Waals surface area contributed by atoms with E-state index >= 15 is 0 Å². The van der Waals surface area contributed by atoms with Gasteiger partial charge in [0.2, 0.25) is 5.91 Å². The van der Waals surface area contributed by atoms with Crippen molar-refractivity contribution in [1.29, 1.82) is 0 Å². The molecule has 0 unspecified atom stereocenters. The summed E-state index contributed by atoms with van der Waals surface area (Å²) in [5.74, 6) is 1.14. The maximum absolute atomic E-state index is 14.0. The van der Waals surface area contributed by atoms with E-state index in [1.54, 1.807) is 6.20 Å². The molecule has 0 N–H and O–H groups in total. The van der Waals surface area contributed by atoms with E-state index in [-0.39, 0.29) is 17.7 Å². The summed E-state index contributed by atoms with van der Waals surface area (Å²) in [6.45, 7) is 7.00. The van der Waals surface area contributed by atoms with E-state index in [9.17, 15) is 9.59 Å². The summed E-state index contributed by atoms with van der Waals surface area (Å²) >= 11 is 1.52. The van der Waals surface area contributed by atoms with Gasteiger partial charge in [0.05, 0.1) is 5.01 Å².